The first-order valence-electron chi connectivity index (χ1n) is 24.2. The molecular weight excluding hydrogens is 732 g/mol. The average Bonchev–Trinajstić information content (AvgIpc) is 3.16. The largest absolute Gasteiger partial charge is 0.756 e. The van der Waals surface area contributed by atoms with E-state index in [0.29, 0.717) is 17.4 Å². The molecule has 0 aromatic rings. The molecule has 9 heteroatoms. The molecule has 1 amide bonds. The number of unbranched alkanes of at least 4 members (excludes halogenated alkanes) is 29. The van der Waals surface area contributed by atoms with Gasteiger partial charge in [-0.05, 0) is 32.1 Å². The number of amides is 1. The van der Waals surface area contributed by atoms with Gasteiger partial charge in [-0.1, -0.05) is 212 Å². The maximum Gasteiger partial charge on any atom is 0.268 e. The number of carbonyl (C=O) groups is 1. The molecule has 0 spiro atoms. The smallest absolute Gasteiger partial charge is 0.268 e. The fraction of sp³-hybridized carbons (Fsp3) is 0.896. The maximum atomic E-state index is 12.9. The molecule has 2 N–H and O–H groups in total. The summed E-state index contributed by atoms with van der Waals surface area (Å²) >= 11 is 0. The van der Waals surface area contributed by atoms with Crippen molar-refractivity contribution in [1.82, 2.24) is 5.32 Å². The van der Waals surface area contributed by atoms with E-state index >= 15 is 0 Å². The van der Waals surface area contributed by atoms with Crippen molar-refractivity contribution in [2.75, 3.05) is 40.9 Å². The van der Waals surface area contributed by atoms with Crippen molar-refractivity contribution in [3.05, 3.63) is 24.3 Å². The SMILES string of the molecule is CCCCCCCC/C=C/CC/C=C/[C@@H](O)[C@H](COP(=O)([O-])OCC[N+](C)(C)C)NC(=O)CCCCCCCCCCCCCCCCCCCCCCCCC. The van der Waals surface area contributed by atoms with E-state index in [0.717, 1.165) is 38.5 Å². The number of rotatable bonds is 44. The van der Waals surface area contributed by atoms with Gasteiger partial charge in [-0.15, -0.1) is 0 Å². The van der Waals surface area contributed by atoms with Gasteiger partial charge >= 0.3 is 0 Å². The van der Waals surface area contributed by atoms with Gasteiger partial charge < -0.3 is 28.8 Å². The van der Waals surface area contributed by atoms with Crippen LogP contribution in [0.15, 0.2) is 24.3 Å². The number of hydrogen-bond donors (Lipinski definition) is 2. The number of hydrogen-bond acceptors (Lipinski definition) is 6. The highest BCUT2D eigenvalue weighted by atomic mass is 31.2. The van der Waals surface area contributed by atoms with E-state index in [4.69, 9.17) is 9.05 Å². The van der Waals surface area contributed by atoms with Crippen LogP contribution in [-0.4, -0.2) is 68.5 Å². The van der Waals surface area contributed by atoms with E-state index in [1.807, 2.05) is 27.2 Å². The fourth-order valence-electron chi connectivity index (χ4n) is 7.05. The van der Waals surface area contributed by atoms with Crippen LogP contribution in [0.5, 0.6) is 0 Å². The second kappa shape index (κ2) is 40.4. The molecule has 0 aliphatic heterocycles. The monoisotopic (exact) mass is 827 g/mol. The van der Waals surface area contributed by atoms with Crippen molar-refractivity contribution < 1.29 is 32.9 Å². The first kappa shape index (κ1) is 56.0. The molecule has 0 fully saturated rings. The molecule has 0 rings (SSSR count). The predicted octanol–water partition coefficient (Wildman–Crippen LogP) is 13.1. The van der Waals surface area contributed by atoms with Crippen LogP contribution in [0.4, 0.5) is 0 Å². The van der Waals surface area contributed by atoms with Crippen molar-refractivity contribution in [2.45, 2.75) is 238 Å². The van der Waals surface area contributed by atoms with Crippen molar-refractivity contribution in [3.8, 4) is 0 Å². The van der Waals surface area contributed by atoms with Gasteiger partial charge in [-0.2, -0.15) is 0 Å². The molecule has 0 radical (unpaired) electrons. The van der Waals surface area contributed by atoms with Crippen LogP contribution in [0.2, 0.25) is 0 Å². The topological polar surface area (TPSA) is 108 Å². The summed E-state index contributed by atoms with van der Waals surface area (Å²) < 4.78 is 23.2. The third-order valence-electron chi connectivity index (χ3n) is 10.9. The maximum absolute atomic E-state index is 12.9. The van der Waals surface area contributed by atoms with Crippen molar-refractivity contribution >= 4 is 13.7 Å². The first-order chi connectivity index (χ1) is 27.5. The minimum Gasteiger partial charge on any atom is -0.756 e. The van der Waals surface area contributed by atoms with Crippen molar-refractivity contribution in [1.29, 1.82) is 0 Å². The van der Waals surface area contributed by atoms with Gasteiger partial charge in [0.05, 0.1) is 39.9 Å². The second-order valence-electron chi connectivity index (χ2n) is 17.8. The van der Waals surface area contributed by atoms with Gasteiger partial charge in [0.25, 0.3) is 7.82 Å². The summed E-state index contributed by atoms with van der Waals surface area (Å²) in [4.78, 5) is 25.3. The third-order valence-corrected chi connectivity index (χ3v) is 11.9. The summed E-state index contributed by atoms with van der Waals surface area (Å²) in [6.45, 7) is 4.62. The van der Waals surface area contributed by atoms with Crippen LogP contribution >= 0.6 is 7.82 Å². The fourth-order valence-corrected chi connectivity index (χ4v) is 7.77. The van der Waals surface area contributed by atoms with Crippen LogP contribution in [0.25, 0.3) is 0 Å². The Morgan fingerprint density at radius 1 is 0.596 bits per heavy atom. The number of allylic oxidation sites excluding steroid dienone is 3. The molecule has 0 bridgehead atoms. The number of aliphatic hydroxyl groups excluding tert-OH is 1. The predicted molar refractivity (Wildman–Crippen MR) is 242 cm³/mol. The lowest BCUT2D eigenvalue weighted by Crippen LogP contribution is -2.45. The summed E-state index contributed by atoms with van der Waals surface area (Å²) in [5.41, 5.74) is 0. The van der Waals surface area contributed by atoms with Crippen LogP contribution in [-0.2, 0) is 18.4 Å². The molecule has 0 saturated heterocycles. The molecule has 57 heavy (non-hydrogen) atoms. The Morgan fingerprint density at radius 3 is 1.42 bits per heavy atom. The van der Waals surface area contributed by atoms with Gasteiger partial charge in [-0.25, -0.2) is 0 Å². The number of phosphoric ester groups is 1. The molecule has 8 nitrogen and oxygen atoms in total. The molecule has 0 aliphatic rings. The molecule has 0 aromatic carbocycles. The van der Waals surface area contributed by atoms with Gasteiger partial charge in [0.1, 0.15) is 13.2 Å². The summed E-state index contributed by atoms with van der Waals surface area (Å²) in [5.74, 6) is -0.205. The summed E-state index contributed by atoms with van der Waals surface area (Å²) in [7, 11) is 1.25. The van der Waals surface area contributed by atoms with Crippen LogP contribution in [0.1, 0.15) is 226 Å². The molecule has 0 saturated carbocycles. The lowest BCUT2D eigenvalue weighted by atomic mass is 10.0. The highest BCUT2D eigenvalue weighted by Crippen LogP contribution is 2.38. The Balaban J connectivity index is 4.23. The number of quaternary nitrogens is 1. The van der Waals surface area contributed by atoms with E-state index in [-0.39, 0.29) is 19.1 Å². The average molecular weight is 827 g/mol. The summed E-state index contributed by atoms with van der Waals surface area (Å²) in [5, 5.41) is 13.8. The zero-order chi connectivity index (χ0) is 42.1. The molecule has 1 unspecified atom stereocenters. The third kappa shape index (κ3) is 42.9. The van der Waals surface area contributed by atoms with E-state index in [1.165, 1.54) is 167 Å². The number of carbonyl (C=O) groups excluding carboxylic acids is 1. The Morgan fingerprint density at radius 2 is 0.982 bits per heavy atom. The zero-order valence-corrected chi connectivity index (χ0v) is 39.2. The second-order valence-corrected chi connectivity index (χ2v) is 19.2. The minimum atomic E-state index is -4.59. The quantitative estimate of drug-likeness (QED) is 0.0274. The Bertz CT molecular complexity index is 984. The lowest BCUT2D eigenvalue weighted by molar-refractivity contribution is -0.870. The Hall–Kier alpha value is -1.02. The molecule has 0 aliphatic carbocycles. The van der Waals surface area contributed by atoms with E-state index in [9.17, 15) is 19.4 Å². The Kier molecular flexibility index (Phi) is 39.7. The lowest BCUT2D eigenvalue weighted by Gasteiger charge is -2.29. The molecule has 338 valence electrons. The highest BCUT2D eigenvalue weighted by molar-refractivity contribution is 7.45. The molecular formula is C48H95N2O6P. The standard InChI is InChI=1S/C48H95N2O6P/c1-6-8-10-12-14-16-18-20-21-22-23-24-25-26-27-28-29-30-32-34-36-38-40-42-48(52)49-46(45-56-57(53,54)55-44-43-50(3,4)5)47(51)41-39-37-35-33-31-19-17-15-13-11-9-7-2/h31,33,39,41,46-47,51H,6-30,32,34-38,40,42-45H2,1-5H3,(H-,49,52,53,54)/b33-31+,41-39+/t46-,47+/m0/s1. The molecule has 0 heterocycles. The van der Waals surface area contributed by atoms with Gasteiger partial charge in [0.2, 0.25) is 5.91 Å². The van der Waals surface area contributed by atoms with Gasteiger partial charge in [-0.3, -0.25) is 9.36 Å². The highest BCUT2D eigenvalue weighted by Gasteiger charge is 2.23. The van der Waals surface area contributed by atoms with Crippen molar-refractivity contribution in [3.63, 3.8) is 0 Å². The van der Waals surface area contributed by atoms with Gasteiger partial charge in [0.15, 0.2) is 0 Å². The number of aliphatic hydroxyl groups is 1. The summed E-state index contributed by atoms with van der Waals surface area (Å²) in [6, 6.07) is -0.897. The Labute approximate surface area is 354 Å². The number of phosphoric acid groups is 1. The number of likely N-dealkylation sites (N-methyl/N-ethyl adjacent to an activating group) is 1. The number of nitrogens with zero attached hydrogens (tertiary/aromatic N) is 1. The summed E-state index contributed by atoms with van der Waals surface area (Å²) in [6.07, 6.45) is 48.1. The van der Waals surface area contributed by atoms with Gasteiger partial charge in [0, 0.05) is 6.42 Å². The van der Waals surface area contributed by atoms with Crippen LogP contribution in [0, 0.1) is 0 Å². The zero-order valence-electron chi connectivity index (χ0n) is 38.3. The van der Waals surface area contributed by atoms with E-state index < -0.39 is 20.0 Å². The van der Waals surface area contributed by atoms with Crippen LogP contribution < -0.4 is 10.2 Å². The number of nitrogens with one attached hydrogen (secondary N) is 1. The molecule has 3 atom stereocenters. The van der Waals surface area contributed by atoms with E-state index in [2.05, 4.69) is 31.3 Å². The van der Waals surface area contributed by atoms with Crippen LogP contribution in [0.3, 0.4) is 0 Å². The first-order valence-corrected chi connectivity index (χ1v) is 25.7. The molecule has 0 aromatic heterocycles. The normalized spacial score (nSPS) is 14.4. The van der Waals surface area contributed by atoms with Crippen molar-refractivity contribution in [2.24, 2.45) is 0 Å². The van der Waals surface area contributed by atoms with E-state index in [1.54, 1.807) is 6.08 Å². The minimum absolute atomic E-state index is 0.00429.